The van der Waals surface area contributed by atoms with Gasteiger partial charge in [0, 0.05) is 12.3 Å². The van der Waals surface area contributed by atoms with Gasteiger partial charge in [-0.2, -0.15) is 5.10 Å². The number of aryl methyl sites for hydroxylation is 1. The van der Waals surface area contributed by atoms with Crippen LogP contribution in [0, 0.1) is 6.92 Å². The van der Waals surface area contributed by atoms with E-state index >= 15 is 0 Å². The van der Waals surface area contributed by atoms with Gasteiger partial charge in [-0.15, -0.1) is 0 Å². The Labute approximate surface area is 124 Å². The van der Waals surface area contributed by atoms with Gasteiger partial charge in [-0.25, -0.2) is 9.89 Å². The lowest BCUT2D eigenvalue weighted by atomic mass is 10.1. The first-order valence-corrected chi connectivity index (χ1v) is 6.43. The van der Waals surface area contributed by atoms with Crippen LogP contribution >= 0.6 is 0 Å². The van der Waals surface area contributed by atoms with Crippen LogP contribution in [0.1, 0.15) is 21.8 Å². The Morgan fingerprint density at radius 1 is 1.45 bits per heavy atom. The molecule has 0 bridgehead atoms. The second-order valence-corrected chi connectivity index (χ2v) is 4.49. The third kappa shape index (κ3) is 2.66. The van der Waals surface area contributed by atoms with Crippen molar-refractivity contribution < 1.29 is 19.2 Å². The van der Waals surface area contributed by atoms with E-state index in [1.54, 1.807) is 13.1 Å². The van der Waals surface area contributed by atoms with Crippen LogP contribution in [0.3, 0.4) is 0 Å². The van der Waals surface area contributed by atoms with Crippen LogP contribution in [-0.4, -0.2) is 31.4 Å². The minimum absolute atomic E-state index is 0.109. The molecule has 0 amide bonds. The van der Waals surface area contributed by atoms with Crippen molar-refractivity contribution in [3.8, 4) is 17.3 Å². The van der Waals surface area contributed by atoms with Crippen molar-refractivity contribution in [2.75, 3.05) is 0 Å². The van der Waals surface area contributed by atoms with E-state index in [9.17, 15) is 4.79 Å². The fourth-order valence-corrected chi connectivity index (χ4v) is 1.90. The smallest absolute Gasteiger partial charge is 0.356 e. The summed E-state index contributed by atoms with van der Waals surface area (Å²) in [6.45, 7) is 1.93. The molecule has 3 rings (SSSR count). The predicted octanol–water partition coefficient (Wildman–Crippen LogP) is 2.05. The van der Waals surface area contributed by atoms with E-state index in [-0.39, 0.29) is 18.2 Å². The molecule has 0 aliphatic carbocycles. The zero-order valence-corrected chi connectivity index (χ0v) is 11.6. The van der Waals surface area contributed by atoms with Crippen LogP contribution in [0.4, 0.5) is 0 Å². The molecule has 0 radical (unpaired) electrons. The highest BCUT2D eigenvalue weighted by molar-refractivity contribution is 5.85. The standard InChI is InChI=1S/C14H12N4O4/c1-8-9(7-21-12-6-11(14(19)20)16-17-12)13(18-22-8)10-4-2-3-5-15-10/h2-6H,7H2,1H3,(H,16,17)(H,19,20). The number of aromatic nitrogens is 4. The molecule has 0 saturated carbocycles. The van der Waals surface area contributed by atoms with Gasteiger partial charge in [-0.05, 0) is 19.1 Å². The highest BCUT2D eigenvalue weighted by Gasteiger charge is 2.17. The molecule has 8 nitrogen and oxygen atoms in total. The van der Waals surface area contributed by atoms with Gasteiger partial charge in [-0.3, -0.25) is 4.98 Å². The van der Waals surface area contributed by atoms with Gasteiger partial charge in [0.1, 0.15) is 18.1 Å². The van der Waals surface area contributed by atoms with E-state index in [4.69, 9.17) is 14.4 Å². The lowest BCUT2D eigenvalue weighted by Crippen LogP contribution is -1.99. The molecule has 0 aromatic carbocycles. The van der Waals surface area contributed by atoms with Crippen molar-refractivity contribution in [3.63, 3.8) is 0 Å². The molecular weight excluding hydrogens is 288 g/mol. The Balaban J connectivity index is 1.80. The first-order valence-electron chi connectivity index (χ1n) is 6.43. The average molecular weight is 300 g/mol. The van der Waals surface area contributed by atoms with E-state index in [0.717, 1.165) is 5.56 Å². The highest BCUT2D eigenvalue weighted by Crippen LogP contribution is 2.24. The molecule has 0 unspecified atom stereocenters. The van der Waals surface area contributed by atoms with Crippen LogP contribution in [0.15, 0.2) is 35.0 Å². The average Bonchev–Trinajstić information content (AvgIpc) is 3.13. The number of carboxylic acid groups (broad SMARTS) is 1. The maximum atomic E-state index is 10.8. The van der Waals surface area contributed by atoms with Crippen molar-refractivity contribution in [1.29, 1.82) is 0 Å². The summed E-state index contributed by atoms with van der Waals surface area (Å²) in [5.41, 5.74) is 1.90. The Kier molecular flexibility index (Phi) is 3.57. The zero-order valence-electron chi connectivity index (χ0n) is 11.6. The van der Waals surface area contributed by atoms with Crippen LogP contribution in [0.5, 0.6) is 5.88 Å². The molecule has 3 heterocycles. The number of rotatable bonds is 5. The largest absolute Gasteiger partial charge is 0.476 e. The molecule has 8 heteroatoms. The van der Waals surface area contributed by atoms with Crippen molar-refractivity contribution >= 4 is 5.97 Å². The first-order chi connectivity index (χ1) is 10.6. The molecule has 0 aliphatic heterocycles. The lowest BCUT2D eigenvalue weighted by molar-refractivity contribution is 0.0690. The maximum Gasteiger partial charge on any atom is 0.356 e. The Morgan fingerprint density at radius 2 is 2.32 bits per heavy atom. The second kappa shape index (κ2) is 5.68. The number of aromatic amines is 1. The molecule has 0 fully saturated rings. The van der Waals surface area contributed by atoms with Gasteiger partial charge >= 0.3 is 5.97 Å². The fraction of sp³-hybridized carbons (Fsp3) is 0.143. The summed E-state index contributed by atoms with van der Waals surface area (Å²) in [6.07, 6.45) is 1.66. The number of H-pyrrole nitrogens is 1. The number of pyridine rings is 1. The Bertz CT molecular complexity index is 794. The molecule has 3 aromatic rings. The summed E-state index contributed by atoms with van der Waals surface area (Å²) < 4.78 is 10.7. The van der Waals surface area contributed by atoms with Crippen molar-refractivity contribution in [1.82, 2.24) is 20.3 Å². The van der Waals surface area contributed by atoms with Gasteiger partial charge in [0.05, 0.1) is 11.3 Å². The molecule has 3 aromatic heterocycles. The minimum Gasteiger partial charge on any atom is -0.476 e. The number of hydrogen-bond acceptors (Lipinski definition) is 6. The summed E-state index contributed by atoms with van der Waals surface area (Å²) in [6, 6.07) is 6.79. The summed E-state index contributed by atoms with van der Waals surface area (Å²) >= 11 is 0. The topological polar surface area (TPSA) is 114 Å². The SMILES string of the molecule is Cc1onc(-c2ccccn2)c1COc1cc(C(=O)O)n[nH]1. The first kappa shape index (κ1) is 13.8. The van der Waals surface area contributed by atoms with Crippen LogP contribution in [-0.2, 0) is 6.61 Å². The fourth-order valence-electron chi connectivity index (χ4n) is 1.90. The predicted molar refractivity (Wildman–Crippen MR) is 74.4 cm³/mol. The molecule has 0 saturated heterocycles. The van der Waals surface area contributed by atoms with Gasteiger partial charge in [-0.1, -0.05) is 11.2 Å². The molecule has 2 N–H and O–H groups in total. The summed E-state index contributed by atoms with van der Waals surface area (Å²) in [5, 5.41) is 18.9. The van der Waals surface area contributed by atoms with Crippen LogP contribution < -0.4 is 4.74 Å². The van der Waals surface area contributed by atoms with Crippen molar-refractivity contribution in [2.45, 2.75) is 13.5 Å². The van der Waals surface area contributed by atoms with Gasteiger partial charge in [0.2, 0.25) is 5.88 Å². The highest BCUT2D eigenvalue weighted by atomic mass is 16.5. The molecular formula is C14H12N4O4. The lowest BCUT2D eigenvalue weighted by Gasteiger charge is -2.03. The number of carboxylic acids is 1. The van der Waals surface area contributed by atoms with E-state index < -0.39 is 5.97 Å². The number of nitrogens with zero attached hydrogens (tertiary/aromatic N) is 3. The normalized spacial score (nSPS) is 10.6. The van der Waals surface area contributed by atoms with Gasteiger partial charge in [0.25, 0.3) is 0 Å². The number of carbonyl (C=O) groups is 1. The van der Waals surface area contributed by atoms with E-state index in [1.807, 2.05) is 18.2 Å². The monoisotopic (exact) mass is 300 g/mol. The molecule has 22 heavy (non-hydrogen) atoms. The number of ether oxygens (including phenoxy) is 1. The number of aromatic carboxylic acids is 1. The summed E-state index contributed by atoms with van der Waals surface area (Å²) in [7, 11) is 0. The zero-order chi connectivity index (χ0) is 15.5. The quantitative estimate of drug-likeness (QED) is 0.741. The van der Waals surface area contributed by atoms with E-state index in [1.165, 1.54) is 6.07 Å². The Hall–Kier alpha value is -3.16. The van der Waals surface area contributed by atoms with Crippen LogP contribution in [0.25, 0.3) is 11.4 Å². The number of nitrogens with one attached hydrogen (secondary N) is 1. The summed E-state index contributed by atoms with van der Waals surface area (Å²) in [5.74, 6) is -0.259. The summed E-state index contributed by atoms with van der Waals surface area (Å²) in [4.78, 5) is 15.0. The molecule has 0 aliphatic rings. The number of hydrogen-bond donors (Lipinski definition) is 2. The van der Waals surface area contributed by atoms with Crippen molar-refractivity contribution in [3.05, 3.63) is 47.5 Å². The third-order valence-electron chi connectivity index (χ3n) is 3.04. The van der Waals surface area contributed by atoms with Gasteiger partial charge < -0.3 is 14.4 Å². The minimum atomic E-state index is -1.12. The second-order valence-electron chi connectivity index (χ2n) is 4.49. The maximum absolute atomic E-state index is 10.8. The third-order valence-corrected chi connectivity index (χ3v) is 3.04. The molecule has 0 atom stereocenters. The van der Waals surface area contributed by atoms with Crippen LogP contribution in [0.2, 0.25) is 0 Å². The molecule has 112 valence electrons. The van der Waals surface area contributed by atoms with E-state index in [0.29, 0.717) is 17.1 Å². The molecule has 0 spiro atoms. The Morgan fingerprint density at radius 3 is 3.00 bits per heavy atom. The van der Waals surface area contributed by atoms with Gasteiger partial charge in [0.15, 0.2) is 5.69 Å². The van der Waals surface area contributed by atoms with E-state index in [2.05, 4.69) is 20.3 Å². The van der Waals surface area contributed by atoms with Crippen molar-refractivity contribution in [2.24, 2.45) is 0 Å².